The van der Waals surface area contributed by atoms with Crippen molar-refractivity contribution in [1.82, 2.24) is 4.31 Å². The molecule has 0 amide bonds. The van der Waals surface area contributed by atoms with E-state index in [0.717, 1.165) is 12.8 Å². The van der Waals surface area contributed by atoms with Gasteiger partial charge in [0.2, 0.25) is 10.0 Å². The number of hydrogen-bond donors (Lipinski definition) is 0. The largest absolute Gasteiger partial charge is 0.245 e. The van der Waals surface area contributed by atoms with E-state index < -0.39 is 15.8 Å². The molecule has 0 N–H and O–H groups in total. The highest BCUT2D eigenvalue weighted by Crippen LogP contribution is 2.32. The van der Waals surface area contributed by atoms with E-state index in [4.69, 9.17) is 11.6 Å². The number of rotatable bonds is 7. The topological polar surface area (TPSA) is 37.4 Å². The molecule has 1 aliphatic carbocycles. The van der Waals surface area contributed by atoms with Crippen molar-refractivity contribution < 1.29 is 12.8 Å². The summed E-state index contributed by atoms with van der Waals surface area (Å²) in [6, 6.07) is 4.07. The molecule has 1 fully saturated rings. The van der Waals surface area contributed by atoms with Gasteiger partial charge in [0.05, 0.1) is 0 Å². The molecule has 0 unspecified atom stereocenters. The summed E-state index contributed by atoms with van der Waals surface area (Å²) in [5, 5.41) is 0. The Bertz CT molecular complexity index is 573. The van der Waals surface area contributed by atoms with E-state index >= 15 is 0 Å². The zero-order valence-corrected chi connectivity index (χ0v) is 13.1. The Hall–Kier alpha value is -0.650. The van der Waals surface area contributed by atoms with Crippen LogP contribution in [0.5, 0.6) is 0 Å². The Kier molecular flexibility index (Phi) is 5.04. The first-order valence-corrected chi connectivity index (χ1v) is 8.81. The second-order valence-electron chi connectivity index (χ2n) is 5.20. The fourth-order valence-corrected chi connectivity index (χ4v) is 3.94. The van der Waals surface area contributed by atoms with E-state index in [1.54, 1.807) is 6.07 Å². The Labute approximate surface area is 124 Å². The lowest BCUT2D eigenvalue weighted by Gasteiger charge is -2.22. The SMILES string of the molecule is CCCN(CC1CC1)S(=O)(=O)c1ccc(CCl)cc1F. The van der Waals surface area contributed by atoms with Crippen LogP contribution in [0.3, 0.4) is 0 Å². The van der Waals surface area contributed by atoms with Crippen LogP contribution < -0.4 is 0 Å². The minimum Gasteiger partial charge on any atom is -0.207 e. The molecule has 112 valence electrons. The molecule has 0 atom stereocenters. The molecule has 0 saturated heterocycles. The van der Waals surface area contributed by atoms with Gasteiger partial charge in [-0.1, -0.05) is 13.0 Å². The molecule has 1 aliphatic rings. The van der Waals surface area contributed by atoms with Gasteiger partial charge in [0, 0.05) is 19.0 Å². The molecule has 2 rings (SSSR count). The average Bonchev–Trinajstić information content (AvgIpc) is 3.21. The van der Waals surface area contributed by atoms with Gasteiger partial charge in [-0.05, 0) is 42.9 Å². The van der Waals surface area contributed by atoms with Gasteiger partial charge in [0.15, 0.2) is 0 Å². The smallest absolute Gasteiger partial charge is 0.207 e. The zero-order chi connectivity index (χ0) is 14.8. The first kappa shape index (κ1) is 15.7. The quantitative estimate of drug-likeness (QED) is 0.723. The van der Waals surface area contributed by atoms with Crippen LogP contribution in [-0.4, -0.2) is 25.8 Å². The molecule has 3 nitrogen and oxygen atoms in total. The third kappa shape index (κ3) is 3.51. The van der Waals surface area contributed by atoms with Crippen LogP contribution in [-0.2, 0) is 15.9 Å². The van der Waals surface area contributed by atoms with Crippen molar-refractivity contribution in [3.05, 3.63) is 29.6 Å². The van der Waals surface area contributed by atoms with E-state index in [9.17, 15) is 12.8 Å². The third-order valence-electron chi connectivity index (χ3n) is 3.40. The Balaban J connectivity index is 2.30. The Morgan fingerprint density at radius 1 is 1.40 bits per heavy atom. The highest BCUT2D eigenvalue weighted by atomic mass is 35.5. The normalized spacial score (nSPS) is 15.8. The summed E-state index contributed by atoms with van der Waals surface area (Å²) in [6.45, 7) is 2.84. The first-order chi connectivity index (χ1) is 9.48. The predicted molar refractivity (Wildman–Crippen MR) is 77.7 cm³/mol. The number of benzene rings is 1. The van der Waals surface area contributed by atoms with E-state index in [1.807, 2.05) is 6.92 Å². The zero-order valence-electron chi connectivity index (χ0n) is 11.5. The summed E-state index contributed by atoms with van der Waals surface area (Å²) in [5.74, 6) is -0.126. The molecule has 1 aromatic carbocycles. The molecule has 6 heteroatoms. The summed E-state index contributed by atoms with van der Waals surface area (Å²) >= 11 is 5.63. The summed E-state index contributed by atoms with van der Waals surface area (Å²) < 4.78 is 40.5. The number of halogens is 2. The second kappa shape index (κ2) is 6.41. The van der Waals surface area contributed by atoms with Crippen LogP contribution in [0.15, 0.2) is 23.1 Å². The minimum atomic E-state index is -3.76. The van der Waals surface area contributed by atoms with Gasteiger partial charge in [0.1, 0.15) is 10.7 Å². The second-order valence-corrected chi connectivity index (χ2v) is 7.38. The minimum absolute atomic E-state index is 0.165. The van der Waals surface area contributed by atoms with Gasteiger partial charge in [-0.2, -0.15) is 4.31 Å². The van der Waals surface area contributed by atoms with Crippen molar-refractivity contribution in [3.8, 4) is 0 Å². The Morgan fingerprint density at radius 2 is 2.10 bits per heavy atom. The average molecular weight is 320 g/mol. The van der Waals surface area contributed by atoms with Crippen molar-refractivity contribution in [3.63, 3.8) is 0 Å². The van der Waals surface area contributed by atoms with E-state index in [1.165, 1.54) is 16.4 Å². The molecular formula is C14H19ClFNO2S. The van der Waals surface area contributed by atoms with Gasteiger partial charge in [0.25, 0.3) is 0 Å². The summed E-state index contributed by atoms with van der Waals surface area (Å²) in [4.78, 5) is -0.250. The van der Waals surface area contributed by atoms with Gasteiger partial charge < -0.3 is 0 Å². The number of sulfonamides is 1. The van der Waals surface area contributed by atoms with Crippen molar-refractivity contribution in [2.24, 2.45) is 5.92 Å². The molecule has 0 aliphatic heterocycles. The number of alkyl halides is 1. The summed E-state index contributed by atoms with van der Waals surface area (Å²) in [5.41, 5.74) is 0.576. The van der Waals surface area contributed by atoms with Crippen molar-refractivity contribution >= 4 is 21.6 Å². The number of nitrogens with zero attached hydrogens (tertiary/aromatic N) is 1. The Morgan fingerprint density at radius 3 is 2.60 bits per heavy atom. The summed E-state index contributed by atoms with van der Waals surface area (Å²) in [7, 11) is -3.76. The molecule has 1 aromatic rings. The van der Waals surface area contributed by atoms with Gasteiger partial charge in [-0.25, -0.2) is 12.8 Å². The number of hydrogen-bond acceptors (Lipinski definition) is 2. The van der Waals surface area contributed by atoms with Crippen LogP contribution in [0.2, 0.25) is 0 Å². The summed E-state index contributed by atoms with van der Waals surface area (Å²) in [6.07, 6.45) is 2.83. The monoisotopic (exact) mass is 319 g/mol. The molecule has 0 aromatic heterocycles. The van der Waals surface area contributed by atoms with Crippen LogP contribution in [0.25, 0.3) is 0 Å². The molecular weight excluding hydrogens is 301 g/mol. The van der Waals surface area contributed by atoms with E-state index in [-0.39, 0.29) is 10.8 Å². The van der Waals surface area contributed by atoms with Gasteiger partial charge in [-0.15, -0.1) is 11.6 Å². The highest BCUT2D eigenvalue weighted by molar-refractivity contribution is 7.89. The molecule has 20 heavy (non-hydrogen) atoms. The fraction of sp³-hybridized carbons (Fsp3) is 0.571. The fourth-order valence-electron chi connectivity index (χ4n) is 2.12. The molecule has 0 bridgehead atoms. The van der Waals surface area contributed by atoms with Crippen molar-refractivity contribution in [2.75, 3.05) is 13.1 Å². The molecule has 1 saturated carbocycles. The van der Waals surface area contributed by atoms with Crippen LogP contribution in [0.4, 0.5) is 4.39 Å². The highest BCUT2D eigenvalue weighted by Gasteiger charge is 2.32. The van der Waals surface area contributed by atoms with Gasteiger partial charge >= 0.3 is 0 Å². The molecule has 0 heterocycles. The van der Waals surface area contributed by atoms with E-state index in [2.05, 4.69) is 0 Å². The van der Waals surface area contributed by atoms with Crippen LogP contribution in [0.1, 0.15) is 31.7 Å². The van der Waals surface area contributed by atoms with Crippen molar-refractivity contribution in [2.45, 2.75) is 37.0 Å². The van der Waals surface area contributed by atoms with Crippen LogP contribution in [0, 0.1) is 11.7 Å². The molecule has 0 spiro atoms. The lowest BCUT2D eigenvalue weighted by molar-refractivity contribution is 0.392. The molecule has 0 radical (unpaired) electrons. The lowest BCUT2D eigenvalue weighted by Crippen LogP contribution is -2.34. The van der Waals surface area contributed by atoms with E-state index in [0.29, 0.717) is 31.0 Å². The van der Waals surface area contributed by atoms with Gasteiger partial charge in [-0.3, -0.25) is 0 Å². The predicted octanol–water partition coefficient (Wildman–Crippen LogP) is 3.38. The van der Waals surface area contributed by atoms with Crippen LogP contribution >= 0.6 is 11.6 Å². The maximum absolute atomic E-state index is 14.0. The third-order valence-corrected chi connectivity index (χ3v) is 5.61. The maximum Gasteiger partial charge on any atom is 0.245 e. The standard InChI is InChI=1S/C14H19ClFNO2S/c1-2-7-17(10-11-3-4-11)20(18,19)14-6-5-12(9-15)8-13(14)16/h5-6,8,11H,2-4,7,9-10H2,1H3. The van der Waals surface area contributed by atoms with Crippen molar-refractivity contribution in [1.29, 1.82) is 0 Å². The first-order valence-electron chi connectivity index (χ1n) is 6.83. The maximum atomic E-state index is 14.0. The lowest BCUT2D eigenvalue weighted by atomic mass is 10.2.